The normalized spacial score (nSPS) is 17.7. The average Bonchev–Trinajstić information content (AvgIpc) is 3.08. The third-order valence-corrected chi connectivity index (χ3v) is 4.86. The molecular weight excluding hydrogens is 358 g/mol. The number of carbonyl (C=O) groups is 3. The number of carbonyl (C=O) groups excluding carboxylic acids is 3. The van der Waals surface area contributed by atoms with Crippen molar-refractivity contribution in [1.82, 2.24) is 15.5 Å². The number of urea groups is 1. The summed E-state index contributed by atoms with van der Waals surface area (Å²) < 4.78 is 5.14. The molecule has 2 N–H and O–H groups in total. The fourth-order valence-corrected chi connectivity index (χ4v) is 3.20. The predicted octanol–water partition coefficient (Wildman–Crippen LogP) is 2.45. The van der Waals surface area contributed by atoms with Gasteiger partial charge in [0.1, 0.15) is 19.2 Å². The second-order valence-electron chi connectivity index (χ2n) is 8.30. The number of amides is 3. The van der Waals surface area contributed by atoms with Crippen molar-refractivity contribution in [1.29, 1.82) is 0 Å². The number of likely N-dealkylation sites (tertiary alicyclic amines) is 1. The first kappa shape index (κ1) is 21.7. The van der Waals surface area contributed by atoms with E-state index in [1.54, 1.807) is 0 Å². The summed E-state index contributed by atoms with van der Waals surface area (Å²) in [6.45, 7) is 8.35. The predicted molar refractivity (Wildman–Crippen MR) is 106 cm³/mol. The van der Waals surface area contributed by atoms with Crippen LogP contribution in [0.2, 0.25) is 0 Å². The summed E-state index contributed by atoms with van der Waals surface area (Å²) in [6, 6.07) is 8.26. The molecule has 2 unspecified atom stereocenters. The van der Waals surface area contributed by atoms with Crippen LogP contribution in [0.5, 0.6) is 0 Å². The average molecular weight is 389 g/mol. The minimum atomic E-state index is -0.673. The van der Waals surface area contributed by atoms with Gasteiger partial charge in [-0.3, -0.25) is 9.59 Å². The second-order valence-corrected chi connectivity index (χ2v) is 8.30. The Bertz CT molecular complexity index is 685. The summed E-state index contributed by atoms with van der Waals surface area (Å²) in [5, 5.41) is 5.22. The lowest BCUT2D eigenvalue weighted by Crippen LogP contribution is -2.57. The monoisotopic (exact) mass is 389 g/mol. The Morgan fingerprint density at radius 2 is 1.89 bits per heavy atom. The summed E-state index contributed by atoms with van der Waals surface area (Å²) >= 11 is 0. The Labute approximate surface area is 166 Å². The molecule has 2 atom stereocenters. The fourth-order valence-electron chi connectivity index (χ4n) is 3.20. The topological polar surface area (TPSA) is 87.7 Å². The van der Waals surface area contributed by atoms with Gasteiger partial charge in [-0.15, -0.1) is 0 Å². The van der Waals surface area contributed by atoms with E-state index < -0.39 is 23.5 Å². The van der Waals surface area contributed by atoms with E-state index in [9.17, 15) is 14.4 Å². The number of hydrogen-bond acceptors (Lipinski definition) is 4. The smallest absolute Gasteiger partial charge is 0.325 e. The first-order valence-electron chi connectivity index (χ1n) is 9.73. The molecule has 0 saturated carbocycles. The zero-order chi connectivity index (χ0) is 20.7. The quantitative estimate of drug-likeness (QED) is 0.732. The molecule has 2 rings (SSSR count). The van der Waals surface area contributed by atoms with Crippen molar-refractivity contribution in [2.45, 2.75) is 59.2 Å². The summed E-state index contributed by atoms with van der Waals surface area (Å²) in [4.78, 5) is 38.9. The molecule has 1 heterocycles. The number of nitrogens with zero attached hydrogens (tertiary/aromatic N) is 1. The zero-order valence-electron chi connectivity index (χ0n) is 17.2. The van der Waals surface area contributed by atoms with Gasteiger partial charge in [-0.1, -0.05) is 51.1 Å². The highest BCUT2D eigenvalue weighted by Gasteiger charge is 2.38. The maximum atomic E-state index is 12.9. The van der Waals surface area contributed by atoms with Gasteiger partial charge in [0, 0.05) is 12.6 Å². The summed E-state index contributed by atoms with van der Waals surface area (Å²) in [5.41, 5.74) is 0.420. The molecular formula is C21H31N3O4. The molecule has 1 aromatic rings. The minimum absolute atomic E-state index is 0.0840. The van der Waals surface area contributed by atoms with Crippen LogP contribution in [0.25, 0.3) is 0 Å². The number of nitrogens with one attached hydrogen (secondary N) is 2. The molecule has 0 aromatic heterocycles. The third kappa shape index (κ3) is 6.25. The SMILES string of the molecule is CC1CCCN1C(=O)C(NC(=O)NCC(=O)OCc1ccccc1)C(C)(C)C. The van der Waals surface area contributed by atoms with Gasteiger partial charge in [0.25, 0.3) is 0 Å². The lowest BCUT2D eigenvalue weighted by molar-refractivity contribution is -0.143. The maximum absolute atomic E-state index is 12.9. The molecule has 7 nitrogen and oxygen atoms in total. The molecule has 0 radical (unpaired) electrons. The van der Waals surface area contributed by atoms with Crippen LogP contribution < -0.4 is 10.6 Å². The van der Waals surface area contributed by atoms with Crippen LogP contribution in [0.1, 0.15) is 46.1 Å². The summed E-state index contributed by atoms with van der Waals surface area (Å²) in [6.07, 6.45) is 1.95. The first-order valence-corrected chi connectivity index (χ1v) is 9.73. The van der Waals surface area contributed by atoms with Gasteiger partial charge in [0.15, 0.2) is 0 Å². The van der Waals surface area contributed by atoms with E-state index in [1.807, 2.05) is 62.9 Å². The van der Waals surface area contributed by atoms with Crippen LogP contribution in [-0.2, 0) is 20.9 Å². The van der Waals surface area contributed by atoms with Crippen LogP contribution in [0.3, 0.4) is 0 Å². The third-order valence-electron chi connectivity index (χ3n) is 4.86. The highest BCUT2D eigenvalue weighted by atomic mass is 16.5. The number of benzene rings is 1. The van der Waals surface area contributed by atoms with Gasteiger partial charge in [-0.25, -0.2) is 4.79 Å². The Morgan fingerprint density at radius 3 is 2.46 bits per heavy atom. The highest BCUT2D eigenvalue weighted by molar-refractivity contribution is 5.89. The maximum Gasteiger partial charge on any atom is 0.325 e. The van der Waals surface area contributed by atoms with Crippen LogP contribution in [0.4, 0.5) is 4.79 Å². The standard InChI is InChI=1S/C21H31N3O4/c1-15-9-8-12-24(15)19(26)18(21(2,3)4)23-20(27)22-13-17(25)28-14-16-10-6-5-7-11-16/h5-7,10-11,15,18H,8-9,12-14H2,1-4H3,(H2,22,23,27). The molecule has 1 fully saturated rings. The van der Waals surface area contributed by atoms with Crippen molar-refractivity contribution in [3.63, 3.8) is 0 Å². The van der Waals surface area contributed by atoms with Crippen molar-refractivity contribution in [2.24, 2.45) is 5.41 Å². The van der Waals surface area contributed by atoms with E-state index >= 15 is 0 Å². The Kier molecular flexibility index (Phi) is 7.43. The van der Waals surface area contributed by atoms with E-state index in [1.165, 1.54) is 0 Å². The van der Waals surface area contributed by atoms with E-state index in [0.717, 1.165) is 18.4 Å². The van der Waals surface area contributed by atoms with Gasteiger partial charge in [-0.2, -0.15) is 0 Å². The zero-order valence-corrected chi connectivity index (χ0v) is 17.2. The van der Waals surface area contributed by atoms with Crippen molar-refractivity contribution in [3.05, 3.63) is 35.9 Å². The molecule has 1 aliphatic heterocycles. The number of esters is 1. The molecule has 1 aromatic carbocycles. The van der Waals surface area contributed by atoms with E-state index in [-0.39, 0.29) is 25.1 Å². The van der Waals surface area contributed by atoms with Gasteiger partial charge in [-0.05, 0) is 30.7 Å². The molecule has 0 bridgehead atoms. The van der Waals surface area contributed by atoms with Crippen molar-refractivity contribution in [2.75, 3.05) is 13.1 Å². The number of ether oxygens (including phenoxy) is 1. The van der Waals surface area contributed by atoms with Gasteiger partial charge in [0.2, 0.25) is 5.91 Å². The highest BCUT2D eigenvalue weighted by Crippen LogP contribution is 2.25. The van der Waals surface area contributed by atoms with Crippen molar-refractivity contribution >= 4 is 17.9 Å². The molecule has 154 valence electrons. The lowest BCUT2D eigenvalue weighted by Gasteiger charge is -2.35. The Morgan fingerprint density at radius 1 is 1.21 bits per heavy atom. The molecule has 0 aliphatic carbocycles. The van der Waals surface area contributed by atoms with E-state index in [0.29, 0.717) is 6.54 Å². The Hall–Kier alpha value is -2.57. The van der Waals surface area contributed by atoms with Gasteiger partial charge >= 0.3 is 12.0 Å². The fraction of sp³-hybridized carbons (Fsp3) is 0.571. The summed E-state index contributed by atoms with van der Waals surface area (Å²) in [7, 11) is 0. The number of rotatable bonds is 6. The van der Waals surface area contributed by atoms with E-state index in [2.05, 4.69) is 10.6 Å². The van der Waals surface area contributed by atoms with Crippen LogP contribution in [0, 0.1) is 5.41 Å². The second kappa shape index (κ2) is 9.57. The van der Waals surface area contributed by atoms with Crippen LogP contribution in [0.15, 0.2) is 30.3 Å². The largest absolute Gasteiger partial charge is 0.460 e. The first-order chi connectivity index (χ1) is 13.2. The molecule has 3 amide bonds. The molecule has 1 aliphatic rings. The van der Waals surface area contributed by atoms with Gasteiger partial charge in [0.05, 0.1) is 0 Å². The Balaban J connectivity index is 1.84. The van der Waals surface area contributed by atoms with Crippen molar-refractivity contribution < 1.29 is 19.1 Å². The molecule has 1 saturated heterocycles. The molecule has 7 heteroatoms. The lowest BCUT2D eigenvalue weighted by atomic mass is 9.85. The van der Waals surface area contributed by atoms with Crippen molar-refractivity contribution in [3.8, 4) is 0 Å². The van der Waals surface area contributed by atoms with Crippen LogP contribution in [-0.4, -0.2) is 48.0 Å². The van der Waals surface area contributed by atoms with Crippen LogP contribution >= 0.6 is 0 Å². The van der Waals surface area contributed by atoms with E-state index in [4.69, 9.17) is 4.74 Å². The number of hydrogen-bond donors (Lipinski definition) is 2. The molecule has 28 heavy (non-hydrogen) atoms. The van der Waals surface area contributed by atoms with Gasteiger partial charge < -0.3 is 20.3 Å². The summed E-state index contributed by atoms with van der Waals surface area (Å²) in [5.74, 6) is -0.620. The molecule has 0 spiro atoms. The minimum Gasteiger partial charge on any atom is -0.460 e.